The minimum atomic E-state index is -0.821. The number of nitrogens with zero attached hydrogens (tertiary/aromatic N) is 2. The molecule has 96 valence electrons. The van der Waals surface area contributed by atoms with E-state index in [1.807, 2.05) is 4.90 Å². The Kier molecular flexibility index (Phi) is 3.45. The van der Waals surface area contributed by atoms with Crippen molar-refractivity contribution in [1.82, 2.24) is 4.98 Å². The molecular formula is C12H15N3O3. The highest BCUT2D eigenvalue weighted by Gasteiger charge is 2.27. The van der Waals surface area contributed by atoms with Gasteiger partial charge in [0, 0.05) is 24.3 Å². The van der Waals surface area contributed by atoms with Crippen molar-refractivity contribution in [3.05, 3.63) is 23.9 Å². The molecule has 0 radical (unpaired) electrons. The number of nitrogens with two attached hydrogens (primary N) is 1. The third kappa shape index (κ3) is 2.58. The van der Waals surface area contributed by atoms with Crippen molar-refractivity contribution < 1.29 is 14.7 Å². The Morgan fingerprint density at radius 2 is 2.33 bits per heavy atom. The van der Waals surface area contributed by atoms with Crippen molar-refractivity contribution in [1.29, 1.82) is 0 Å². The Balaban J connectivity index is 2.21. The minimum Gasteiger partial charge on any atom is -0.481 e. The third-order valence-corrected chi connectivity index (χ3v) is 3.11. The summed E-state index contributed by atoms with van der Waals surface area (Å²) in [5, 5.41) is 8.86. The molecule has 1 aromatic heterocycles. The molecule has 18 heavy (non-hydrogen) atoms. The molecule has 1 amide bonds. The van der Waals surface area contributed by atoms with E-state index in [4.69, 9.17) is 10.8 Å². The molecule has 2 heterocycles. The van der Waals surface area contributed by atoms with Crippen LogP contribution in [0.5, 0.6) is 0 Å². The van der Waals surface area contributed by atoms with Crippen LogP contribution in [0.4, 0.5) is 5.82 Å². The van der Waals surface area contributed by atoms with Crippen LogP contribution in [-0.4, -0.2) is 34.6 Å². The monoisotopic (exact) mass is 249 g/mol. The smallest absolute Gasteiger partial charge is 0.305 e. The first-order valence-corrected chi connectivity index (χ1v) is 5.82. The number of aliphatic carboxylic acids is 1. The van der Waals surface area contributed by atoms with Crippen LogP contribution in [-0.2, 0) is 4.79 Å². The van der Waals surface area contributed by atoms with E-state index < -0.39 is 11.9 Å². The Hall–Kier alpha value is -2.11. The van der Waals surface area contributed by atoms with E-state index in [0.717, 1.165) is 19.4 Å². The van der Waals surface area contributed by atoms with Crippen LogP contribution >= 0.6 is 0 Å². The molecule has 2 rings (SSSR count). The molecule has 0 aliphatic carbocycles. The Morgan fingerprint density at radius 1 is 1.56 bits per heavy atom. The van der Waals surface area contributed by atoms with Gasteiger partial charge in [-0.3, -0.25) is 9.59 Å². The van der Waals surface area contributed by atoms with E-state index in [1.165, 1.54) is 6.20 Å². The molecule has 0 spiro atoms. The van der Waals surface area contributed by atoms with Gasteiger partial charge in [-0.2, -0.15) is 0 Å². The fourth-order valence-corrected chi connectivity index (χ4v) is 2.28. The molecule has 1 saturated heterocycles. The second kappa shape index (κ2) is 5.03. The summed E-state index contributed by atoms with van der Waals surface area (Å²) in [6.45, 7) is 0.757. The Labute approximate surface area is 104 Å². The Bertz CT molecular complexity index is 475. The largest absolute Gasteiger partial charge is 0.481 e. The molecule has 1 unspecified atom stereocenters. The number of hydrogen-bond donors (Lipinski definition) is 2. The second-order valence-corrected chi connectivity index (χ2v) is 4.35. The number of aromatic nitrogens is 1. The van der Waals surface area contributed by atoms with E-state index in [0.29, 0.717) is 11.4 Å². The first-order valence-electron chi connectivity index (χ1n) is 5.82. The first kappa shape index (κ1) is 12.3. The number of rotatable bonds is 4. The lowest BCUT2D eigenvalue weighted by Crippen LogP contribution is -2.32. The van der Waals surface area contributed by atoms with Crippen molar-refractivity contribution in [2.24, 2.45) is 5.73 Å². The lowest BCUT2D eigenvalue weighted by Gasteiger charge is -2.24. The van der Waals surface area contributed by atoms with Crippen molar-refractivity contribution in [2.75, 3.05) is 11.4 Å². The summed E-state index contributed by atoms with van der Waals surface area (Å²) in [5.74, 6) is -0.708. The van der Waals surface area contributed by atoms with Crippen molar-refractivity contribution in [3.8, 4) is 0 Å². The average Bonchev–Trinajstić information content (AvgIpc) is 2.76. The molecule has 1 aromatic rings. The molecule has 1 aliphatic heterocycles. The van der Waals surface area contributed by atoms with Crippen molar-refractivity contribution in [3.63, 3.8) is 0 Å². The molecule has 6 nitrogen and oxygen atoms in total. The van der Waals surface area contributed by atoms with E-state index in [-0.39, 0.29) is 12.5 Å². The van der Waals surface area contributed by atoms with Crippen LogP contribution < -0.4 is 10.6 Å². The molecule has 0 aromatic carbocycles. The van der Waals surface area contributed by atoms with E-state index in [1.54, 1.807) is 12.1 Å². The van der Waals surface area contributed by atoms with Crippen molar-refractivity contribution in [2.45, 2.75) is 25.3 Å². The maximum Gasteiger partial charge on any atom is 0.305 e. The number of anilines is 1. The van der Waals surface area contributed by atoms with E-state index >= 15 is 0 Å². The maximum absolute atomic E-state index is 11.1. The van der Waals surface area contributed by atoms with E-state index in [9.17, 15) is 9.59 Å². The number of carbonyl (C=O) groups is 2. The van der Waals surface area contributed by atoms with Gasteiger partial charge in [-0.15, -0.1) is 0 Å². The van der Waals surface area contributed by atoms with Gasteiger partial charge in [0.1, 0.15) is 5.82 Å². The number of amides is 1. The fourth-order valence-electron chi connectivity index (χ4n) is 2.28. The maximum atomic E-state index is 11.1. The summed E-state index contributed by atoms with van der Waals surface area (Å²) < 4.78 is 0. The summed E-state index contributed by atoms with van der Waals surface area (Å²) in [5.41, 5.74) is 5.61. The van der Waals surface area contributed by atoms with Crippen LogP contribution in [0.3, 0.4) is 0 Å². The SMILES string of the molecule is NC(=O)c1ccnc(N2CCCC2CC(=O)O)c1. The normalized spacial score (nSPS) is 18.9. The zero-order valence-electron chi connectivity index (χ0n) is 9.87. The highest BCUT2D eigenvalue weighted by molar-refractivity contribution is 5.93. The van der Waals surface area contributed by atoms with Gasteiger partial charge >= 0.3 is 5.97 Å². The van der Waals surface area contributed by atoms with Crippen LogP contribution in [0, 0.1) is 0 Å². The topological polar surface area (TPSA) is 96.5 Å². The second-order valence-electron chi connectivity index (χ2n) is 4.35. The molecule has 3 N–H and O–H groups in total. The lowest BCUT2D eigenvalue weighted by molar-refractivity contribution is -0.137. The van der Waals surface area contributed by atoms with Crippen LogP contribution in [0.15, 0.2) is 18.3 Å². The number of pyridine rings is 1. The number of hydrogen-bond acceptors (Lipinski definition) is 4. The molecular weight excluding hydrogens is 234 g/mol. The van der Waals surface area contributed by atoms with Gasteiger partial charge in [0.2, 0.25) is 5.91 Å². The quantitative estimate of drug-likeness (QED) is 0.815. The zero-order chi connectivity index (χ0) is 13.1. The number of carboxylic acid groups (broad SMARTS) is 1. The fraction of sp³-hybridized carbons (Fsp3) is 0.417. The summed E-state index contributed by atoms with van der Waals surface area (Å²) in [4.78, 5) is 28.0. The Morgan fingerprint density at radius 3 is 3.00 bits per heavy atom. The predicted molar refractivity (Wildman–Crippen MR) is 65.4 cm³/mol. The van der Waals surface area contributed by atoms with E-state index in [2.05, 4.69) is 4.98 Å². The summed E-state index contributed by atoms with van der Waals surface area (Å²) in [7, 11) is 0. The highest BCUT2D eigenvalue weighted by atomic mass is 16.4. The van der Waals surface area contributed by atoms with Crippen LogP contribution in [0.2, 0.25) is 0 Å². The van der Waals surface area contributed by atoms with Crippen molar-refractivity contribution >= 4 is 17.7 Å². The van der Waals surface area contributed by atoms with Crippen LogP contribution in [0.1, 0.15) is 29.6 Å². The average molecular weight is 249 g/mol. The van der Waals surface area contributed by atoms with Gasteiger partial charge in [0.15, 0.2) is 0 Å². The van der Waals surface area contributed by atoms with Gasteiger partial charge in [-0.25, -0.2) is 4.98 Å². The molecule has 0 bridgehead atoms. The molecule has 1 atom stereocenters. The molecule has 0 saturated carbocycles. The number of carbonyl (C=O) groups excluding carboxylic acids is 1. The van der Waals surface area contributed by atoms with Gasteiger partial charge in [0.25, 0.3) is 0 Å². The lowest BCUT2D eigenvalue weighted by atomic mass is 10.1. The third-order valence-electron chi connectivity index (χ3n) is 3.11. The molecule has 6 heteroatoms. The first-order chi connectivity index (χ1) is 8.58. The van der Waals surface area contributed by atoms with Gasteiger partial charge in [-0.1, -0.05) is 0 Å². The molecule has 1 fully saturated rings. The summed E-state index contributed by atoms with van der Waals surface area (Å²) >= 11 is 0. The number of primary amides is 1. The number of carboxylic acids is 1. The minimum absolute atomic E-state index is 0.0573. The standard InChI is InChI=1S/C12H15N3O3/c13-12(18)8-3-4-14-10(6-8)15-5-1-2-9(15)7-11(16)17/h3-4,6,9H,1-2,5,7H2,(H2,13,18)(H,16,17). The highest BCUT2D eigenvalue weighted by Crippen LogP contribution is 2.26. The summed E-state index contributed by atoms with van der Waals surface area (Å²) in [6, 6.07) is 3.11. The van der Waals surface area contributed by atoms with Gasteiger partial charge in [0.05, 0.1) is 6.42 Å². The van der Waals surface area contributed by atoms with Gasteiger partial charge in [-0.05, 0) is 25.0 Å². The molecule has 1 aliphatic rings. The zero-order valence-corrected chi connectivity index (χ0v) is 9.87. The predicted octanol–water partition coefficient (Wildman–Crippen LogP) is 0.624. The summed E-state index contributed by atoms with van der Waals surface area (Å²) in [6.07, 6.45) is 3.36. The van der Waals surface area contributed by atoms with Gasteiger partial charge < -0.3 is 15.7 Å². The van der Waals surface area contributed by atoms with Crippen LogP contribution in [0.25, 0.3) is 0 Å².